The average molecular weight is 425 g/mol. The number of hydrogen-bond acceptors (Lipinski definition) is 4. The van der Waals surface area contributed by atoms with Gasteiger partial charge in [-0.3, -0.25) is 4.79 Å². The molecule has 1 saturated carbocycles. The lowest BCUT2D eigenvalue weighted by molar-refractivity contribution is 0.200. The van der Waals surface area contributed by atoms with Crippen molar-refractivity contribution in [1.29, 1.82) is 0 Å². The largest absolute Gasteiger partial charge is 0.493 e. The van der Waals surface area contributed by atoms with Gasteiger partial charge >= 0.3 is 0 Å². The van der Waals surface area contributed by atoms with Gasteiger partial charge in [0.1, 0.15) is 17.2 Å². The van der Waals surface area contributed by atoms with Gasteiger partial charge in [0.2, 0.25) is 0 Å². The first-order valence-electron chi connectivity index (χ1n) is 10.8. The lowest BCUT2D eigenvalue weighted by Crippen LogP contribution is -2.12. The number of rotatable bonds is 5. The Labute approximate surface area is 182 Å². The van der Waals surface area contributed by atoms with Crippen molar-refractivity contribution in [3.8, 4) is 11.5 Å². The Morgan fingerprint density at radius 1 is 1.10 bits per heavy atom. The van der Waals surface area contributed by atoms with Gasteiger partial charge in [-0.15, -0.1) is 0 Å². The molecule has 2 aromatic carbocycles. The summed E-state index contributed by atoms with van der Waals surface area (Å²) >= 11 is 0. The Morgan fingerprint density at radius 2 is 1.84 bits per heavy atom. The van der Waals surface area contributed by atoms with Crippen LogP contribution in [-0.4, -0.2) is 13.2 Å². The minimum Gasteiger partial charge on any atom is -0.493 e. The molecule has 1 fully saturated rings. The molecule has 164 valence electrons. The standard InChI is InChI=1S/C24H23FO4.C2H6/c1-15-20(29-21-13-11-17(25)14-19(21)23(15)26)12-10-16-6-5-9-22(27-2)24(16)28-18-7-3-4-8-18;1-2/h5-6,9-14,18H,3-4,7-8H2,1-2H3;1-2H3/b12-10+;. The normalized spacial score (nSPS) is 14.0. The highest BCUT2D eigenvalue weighted by Crippen LogP contribution is 2.36. The van der Waals surface area contributed by atoms with E-state index in [2.05, 4.69) is 0 Å². The van der Waals surface area contributed by atoms with E-state index < -0.39 is 5.82 Å². The summed E-state index contributed by atoms with van der Waals surface area (Å²) in [6, 6.07) is 9.67. The van der Waals surface area contributed by atoms with Crippen molar-refractivity contribution in [2.45, 2.75) is 52.6 Å². The molecule has 1 aliphatic rings. The summed E-state index contributed by atoms with van der Waals surface area (Å²) < 4.78 is 31.1. The van der Waals surface area contributed by atoms with Crippen LogP contribution in [0.2, 0.25) is 0 Å². The summed E-state index contributed by atoms with van der Waals surface area (Å²) in [7, 11) is 1.62. The van der Waals surface area contributed by atoms with Gasteiger partial charge in [0.05, 0.1) is 18.6 Å². The molecular formula is C26H29FO4. The first-order valence-corrected chi connectivity index (χ1v) is 10.8. The molecule has 0 spiro atoms. The zero-order valence-electron chi connectivity index (χ0n) is 18.5. The Hall–Kier alpha value is -3.08. The fourth-order valence-electron chi connectivity index (χ4n) is 3.73. The van der Waals surface area contributed by atoms with Crippen molar-refractivity contribution in [2.75, 3.05) is 7.11 Å². The number of hydrogen-bond donors (Lipinski definition) is 0. The number of para-hydroxylation sites is 1. The number of ether oxygens (including phenoxy) is 2. The predicted molar refractivity (Wildman–Crippen MR) is 123 cm³/mol. The van der Waals surface area contributed by atoms with Gasteiger partial charge < -0.3 is 13.9 Å². The maximum atomic E-state index is 13.5. The molecule has 1 aliphatic carbocycles. The zero-order valence-corrected chi connectivity index (χ0v) is 18.5. The monoisotopic (exact) mass is 424 g/mol. The molecular weight excluding hydrogens is 395 g/mol. The third kappa shape index (κ3) is 4.98. The van der Waals surface area contributed by atoms with E-state index in [0.29, 0.717) is 28.4 Å². The van der Waals surface area contributed by atoms with Crippen LogP contribution in [0.1, 0.15) is 56.4 Å². The quantitative estimate of drug-likeness (QED) is 0.454. The number of benzene rings is 2. The van der Waals surface area contributed by atoms with Crippen LogP contribution in [-0.2, 0) is 0 Å². The highest BCUT2D eigenvalue weighted by Gasteiger charge is 2.20. The van der Waals surface area contributed by atoms with Gasteiger partial charge in [0, 0.05) is 11.1 Å². The molecule has 0 radical (unpaired) electrons. The van der Waals surface area contributed by atoms with E-state index in [9.17, 15) is 9.18 Å². The zero-order chi connectivity index (χ0) is 22.4. The highest BCUT2D eigenvalue weighted by molar-refractivity contribution is 5.80. The minimum absolute atomic E-state index is 0.189. The molecule has 0 N–H and O–H groups in total. The number of fused-ring (bicyclic) bond motifs is 1. The Bertz CT molecular complexity index is 1120. The van der Waals surface area contributed by atoms with Crippen molar-refractivity contribution in [1.82, 2.24) is 0 Å². The third-order valence-electron chi connectivity index (χ3n) is 5.35. The first-order chi connectivity index (χ1) is 15.1. The van der Waals surface area contributed by atoms with Crippen LogP contribution < -0.4 is 14.9 Å². The fourth-order valence-corrected chi connectivity index (χ4v) is 3.73. The summed E-state index contributed by atoms with van der Waals surface area (Å²) in [5.41, 5.74) is 1.39. The van der Waals surface area contributed by atoms with Crippen LogP contribution in [0.15, 0.2) is 45.6 Å². The molecule has 1 heterocycles. The summed E-state index contributed by atoms with van der Waals surface area (Å²) in [5, 5.41) is 0.242. The van der Waals surface area contributed by atoms with Gasteiger partial charge in [-0.25, -0.2) is 4.39 Å². The summed E-state index contributed by atoms with van der Waals surface area (Å²) in [6.45, 7) is 5.68. The molecule has 0 unspecified atom stereocenters. The van der Waals surface area contributed by atoms with Crippen LogP contribution in [0.4, 0.5) is 4.39 Å². The topological polar surface area (TPSA) is 48.7 Å². The van der Waals surface area contributed by atoms with Crippen molar-refractivity contribution in [3.63, 3.8) is 0 Å². The second kappa shape index (κ2) is 10.3. The Balaban J connectivity index is 0.00000132. The van der Waals surface area contributed by atoms with Crippen molar-refractivity contribution >= 4 is 23.1 Å². The van der Waals surface area contributed by atoms with Gasteiger partial charge in [0.15, 0.2) is 16.9 Å². The van der Waals surface area contributed by atoms with Crippen molar-refractivity contribution in [2.24, 2.45) is 0 Å². The molecule has 4 rings (SSSR count). The molecule has 5 heteroatoms. The second-order valence-corrected chi connectivity index (χ2v) is 7.30. The SMILES string of the molecule is CC.COc1cccc(/C=C/c2oc3ccc(F)cc3c(=O)c2C)c1OC1CCCC1. The maximum absolute atomic E-state index is 13.5. The Morgan fingerprint density at radius 3 is 2.55 bits per heavy atom. The van der Waals surface area contributed by atoms with E-state index in [0.717, 1.165) is 18.4 Å². The van der Waals surface area contributed by atoms with Crippen molar-refractivity contribution < 1.29 is 18.3 Å². The molecule has 31 heavy (non-hydrogen) atoms. The Kier molecular flexibility index (Phi) is 7.50. The maximum Gasteiger partial charge on any atom is 0.196 e. The van der Waals surface area contributed by atoms with E-state index >= 15 is 0 Å². The third-order valence-corrected chi connectivity index (χ3v) is 5.35. The average Bonchev–Trinajstić information content (AvgIpc) is 3.31. The smallest absolute Gasteiger partial charge is 0.196 e. The predicted octanol–water partition coefficient (Wildman–Crippen LogP) is 6.77. The minimum atomic E-state index is -0.461. The fraction of sp³-hybridized carbons (Fsp3) is 0.346. The summed E-state index contributed by atoms with van der Waals surface area (Å²) in [4.78, 5) is 12.6. The van der Waals surface area contributed by atoms with E-state index in [1.165, 1.54) is 31.0 Å². The van der Waals surface area contributed by atoms with E-state index in [1.54, 1.807) is 20.1 Å². The molecule has 0 amide bonds. The molecule has 0 atom stereocenters. The molecule has 3 aromatic rings. The molecule has 0 bridgehead atoms. The summed E-state index contributed by atoms with van der Waals surface area (Å²) in [5.74, 6) is 1.34. The van der Waals surface area contributed by atoms with Crippen LogP contribution >= 0.6 is 0 Å². The number of methoxy groups -OCH3 is 1. The van der Waals surface area contributed by atoms with Crippen LogP contribution in [0.5, 0.6) is 11.5 Å². The lowest BCUT2D eigenvalue weighted by atomic mass is 10.1. The molecule has 0 saturated heterocycles. The van der Waals surface area contributed by atoms with Crippen molar-refractivity contribution in [3.05, 3.63) is 69.3 Å². The van der Waals surface area contributed by atoms with Crippen LogP contribution in [0.3, 0.4) is 0 Å². The highest BCUT2D eigenvalue weighted by atomic mass is 19.1. The van der Waals surface area contributed by atoms with Crippen LogP contribution in [0, 0.1) is 12.7 Å². The van der Waals surface area contributed by atoms with E-state index in [4.69, 9.17) is 13.9 Å². The lowest BCUT2D eigenvalue weighted by Gasteiger charge is -2.18. The van der Waals surface area contributed by atoms with Gasteiger partial charge in [-0.05, 0) is 69.0 Å². The van der Waals surface area contributed by atoms with E-state index in [-0.39, 0.29) is 16.9 Å². The summed E-state index contributed by atoms with van der Waals surface area (Å²) in [6.07, 6.45) is 8.21. The van der Waals surface area contributed by atoms with Gasteiger partial charge in [-0.2, -0.15) is 0 Å². The molecule has 4 nitrogen and oxygen atoms in total. The van der Waals surface area contributed by atoms with Crippen LogP contribution in [0.25, 0.3) is 23.1 Å². The number of halogens is 1. The van der Waals surface area contributed by atoms with E-state index in [1.807, 2.05) is 38.1 Å². The molecule has 1 aromatic heterocycles. The first kappa shape index (κ1) is 22.6. The van der Waals surface area contributed by atoms with Gasteiger partial charge in [-0.1, -0.05) is 26.0 Å². The second-order valence-electron chi connectivity index (χ2n) is 7.30. The van der Waals surface area contributed by atoms with Gasteiger partial charge in [0.25, 0.3) is 0 Å². The molecule has 0 aliphatic heterocycles.